The van der Waals surface area contributed by atoms with Crippen LogP contribution in [0, 0.1) is 28.5 Å². The van der Waals surface area contributed by atoms with E-state index in [1.807, 2.05) is 49.4 Å². The second-order valence-corrected chi connectivity index (χ2v) is 8.83. The third kappa shape index (κ3) is 5.06. The first-order valence-corrected chi connectivity index (χ1v) is 11.8. The fraction of sp³-hybridized carbons (Fsp3) is 0.179. The summed E-state index contributed by atoms with van der Waals surface area (Å²) in [6.07, 6.45) is 0. The molecule has 1 atom stereocenters. The van der Waals surface area contributed by atoms with Gasteiger partial charge >= 0.3 is 6.03 Å². The van der Waals surface area contributed by atoms with Gasteiger partial charge in [-0.05, 0) is 37.3 Å². The minimum Gasteiger partial charge on any atom is -0.351 e. The predicted molar refractivity (Wildman–Crippen MR) is 145 cm³/mol. The SMILES string of the molecule is CC1CN(c2nnc(-c3ccc(C#N)cc3)c3ccccc23)CCN1C(=O)Nc1ccc(C#N)cc1F.Cl. The lowest BCUT2D eigenvalue weighted by Crippen LogP contribution is -2.55. The summed E-state index contributed by atoms with van der Waals surface area (Å²) >= 11 is 0. The van der Waals surface area contributed by atoms with Gasteiger partial charge in [0.05, 0.1) is 29.0 Å². The van der Waals surface area contributed by atoms with Crippen molar-refractivity contribution < 1.29 is 9.18 Å². The quantitative estimate of drug-likeness (QED) is 0.385. The first-order chi connectivity index (χ1) is 18.0. The number of hydrogen-bond acceptors (Lipinski definition) is 6. The Bertz CT molecular complexity index is 1580. The van der Waals surface area contributed by atoms with E-state index >= 15 is 0 Å². The molecule has 0 saturated carbocycles. The van der Waals surface area contributed by atoms with Crippen LogP contribution in [0.5, 0.6) is 0 Å². The van der Waals surface area contributed by atoms with Crippen LogP contribution in [0.15, 0.2) is 66.7 Å². The molecule has 1 saturated heterocycles. The summed E-state index contributed by atoms with van der Waals surface area (Å²) in [6.45, 7) is 3.40. The Morgan fingerprint density at radius 2 is 1.66 bits per heavy atom. The van der Waals surface area contributed by atoms with Crippen LogP contribution in [-0.2, 0) is 0 Å². The summed E-state index contributed by atoms with van der Waals surface area (Å²) in [4.78, 5) is 16.7. The Hall–Kier alpha value is -4.73. The van der Waals surface area contributed by atoms with E-state index in [2.05, 4.69) is 26.5 Å². The molecule has 1 aliphatic heterocycles. The van der Waals surface area contributed by atoms with Crippen LogP contribution in [-0.4, -0.2) is 46.8 Å². The maximum Gasteiger partial charge on any atom is 0.322 e. The molecule has 10 heteroatoms. The van der Waals surface area contributed by atoms with Gasteiger partial charge in [0.2, 0.25) is 0 Å². The highest BCUT2D eigenvalue weighted by Gasteiger charge is 2.30. The number of piperazine rings is 1. The number of carbonyl (C=O) groups is 1. The Balaban J connectivity index is 0.00000336. The summed E-state index contributed by atoms with van der Waals surface area (Å²) in [5.74, 6) is 0.0841. The minimum atomic E-state index is -0.650. The molecule has 5 rings (SSSR count). The van der Waals surface area contributed by atoms with Crippen LogP contribution in [0.2, 0.25) is 0 Å². The monoisotopic (exact) mass is 527 g/mol. The van der Waals surface area contributed by atoms with Gasteiger partial charge in [0, 0.05) is 42.0 Å². The number of halogens is 2. The molecular formula is C28H23ClFN7O. The van der Waals surface area contributed by atoms with Gasteiger partial charge in [-0.25, -0.2) is 9.18 Å². The highest BCUT2D eigenvalue weighted by Crippen LogP contribution is 2.32. The van der Waals surface area contributed by atoms with Crippen molar-refractivity contribution in [2.24, 2.45) is 0 Å². The second-order valence-electron chi connectivity index (χ2n) is 8.83. The number of hydrogen-bond donors (Lipinski definition) is 1. The smallest absolute Gasteiger partial charge is 0.322 e. The van der Waals surface area contributed by atoms with Gasteiger partial charge in [-0.15, -0.1) is 22.6 Å². The molecule has 8 nitrogen and oxygen atoms in total. The molecule has 1 aliphatic rings. The van der Waals surface area contributed by atoms with Gasteiger partial charge < -0.3 is 15.1 Å². The van der Waals surface area contributed by atoms with Crippen LogP contribution in [0.4, 0.5) is 20.7 Å². The highest BCUT2D eigenvalue weighted by molar-refractivity contribution is 6.00. The average Bonchev–Trinajstić information content (AvgIpc) is 2.93. The number of nitrogens with one attached hydrogen (secondary N) is 1. The van der Waals surface area contributed by atoms with E-state index in [9.17, 15) is 9.18 Å². The van der Waals surface area contributed by atoms with Gasteiger partial charge in [-0.1, -0.05) is 36.4 Å². The first kappa shape index (κ1) is 26.3. The van der Waals surface area contributed by atoms with E-state index in [4.69, 9.17) is 10.5 Å². The predicted octanol–water partition coefficient (Wildman–Crippen LogP) is 5.34. The van der Waals surface area contributed by atoms with Crippen molar-refractivity contribution in [2.45, 2.75) is 13.0 Å². The van der Waals surface area contributed by atoms with E-state index in [-0.39, 0.29) is 29.7 Å². The van der Waals surface area contributed by atoms with Crippen molar-refractivity contribution in [1.29, 1.82) is 10.5 Å². The summed E-state index contributed by atoms with van der Waals surface area (Å²) in [7, 11) is 0. The van der Waals surface area contributed by atoms with Crippen molar-refractivity contribution in [1.82, 2.24) is 15.1 Å². The maximum absolute atomic E-state index is 14.3. The maximum atomic E-state index is 14.3. The Morgan fingerprint density at radius 1 is 0.974 bits per heavy atom. The Kier molecular flexibility index (Phi) is 7.71. The molecule has 0 aliphatic carbocycles. The molecule has 1 fully saturated rings. The first-order valence-electron chi connectivity index (χ1n) is 11.8. The third-order valence-electron chi connectivity index (χ3n) is 6.48. The van der Waals surface area contributed by atoms with Crippen LogP contribution in [0.25, 0.3) is 22.0 Å². The molecule has 190 valence electrons. The third-order valence-corrected chi connectivity index (χ3v) is 6.48. The molecule has 0 spiro atoms. The number of anilines is 2. The van der Waals surface area contributed by atoms with Crippen molar-refractivity contribution in [2.75, 3.05) is 29.9 Å². The van der Waals surface area contributed by atoms with E-state index in [0.717, 1.165) is 33.9 Å². The second kappa shape index (κ2) is 11.1. The van der Waals surface area contributed by atoms with Gasteiger partial charge in [0.25, 0.3) is 0 Å². The molecule has 0 bridgehead atoms. The van der Waals surface area contributed by atoms with Crippen molar-refractivity contribution in [3.63, 3.8) is 0 Å². The lowest BCUT2D eigenvalue weighted by atomic mass is 10.0. The topological polar surface area (TPSA) is 109 Å². The number of aromatic nitrogens is 2. The summed E-state index contributed by atoms with van der Waals surface area (Å²) in [5, 5.41) is 31.6. The summed E-state index contributed by atoms with van der Waals surface area (Å²) in [5.41, 5.74) is 2.42. The zero-order valence-corrected chi connectivity index (χ0v) is 21.2. The van der Waals surface area contributed by atoms with Crippen LogP contribution in [0.3, 0.4) is 0 Å². The Labute approximate surface area is 225 Å². The van der Waals surface area contributed by atoms with Crippen LogP contribution < -0.4 is 10.2 Å². The highest BCUT2D eigenvalue weighted by atomic mass is 35.5. The average molecular weight is 528 g/mol. The van der Waals surface area contributed by atoms with Gasteiger partial charge in [0.15, 0.2) is 5.82 Å². The largest absolute Gasteiger partial charge is 0.351 e. The standard InChI is InChI=1S/C28H22FN7O.ClH/c1-18-17-35(12-13-36(18)28(37)32-25-11-8-20(16-31)14-24(25)29)27-23-5-3-2-4-22(23)26(33-34-27)21-9-6-19(15-30)7-10-21;/h2-11,14,18H,12-13,17H2,1H3,(H,32,37);1H. The van der Waals surface area contributed by atoms with E-state index in [1.54, 1.807) is 17.0 Å². The number of benzene rings is 3. The molecular weight excluding hydrogens is 505 g/mol. The zero-order valence-electron chi connectivity index (χ0n) is 20.4. The number of carbonyl (C=O) groups excluding carboxylic acids is 1. The minimum absolute atomic E-state index is 0. The van der Waals surface area contributed by atoms with Crippen molar-refractivity contribution >= 4 is 40.7 Å². The molecule has 3 aromatic carbocycles. The lowest BCUT2D eigenvalue weighted by molar-refractivity contribution is 0.184. The van der Waals surface area contributed by atoms with Gasteiger partial charge in [-0.2, -0.15) is 10.5 Å². The molecule has 1 N–H and O–H groups in total. The molecule has 1 unspecified atom stereocenters. The number of urea groups is 1. The molecule has 2 heterocycles. The number of nitriles is 2. The number of fused-ring (bicyclic) bond motifs is 1. The number of rotatable bonds is 3. The van der Waals surface area contributed by atoms with E-state index < -0.39 is 11.8 Å². The number of nitrogens with zero attached hydrogens (tertiary/aromatic N) is 6. The Morgan fingerprint density at radius 3 is 2.32 bits per heavy atom. The molecule has 2 amide bonds. The van der Waals surface area contributed by atoms with Crippen molar-refractivity contribution in [3.05, 3.63) is 83.7 Å². The van der Waals surface area contributed by atoms with Crippen molar-refractivity contribution in [3.8, 4) is 23.4 Å². The summed E-state index contributed by atoms with van der Waals surface area (Å²) in [6, 6.07) is 22.5. The molecule has 0 radical (unpaired) electrons. The lowest BCUT2D eigenvalue weighted by Gasteiger charge is -2.40. The number of amides is 2. The van der Waals surface area contributed by atoms with Crippen LogP contribution in [0.1, 0.15) is 18.1 Å². The molecule has 1 aromatic heterocycles. The normalized spacial score (nSPS) is 14.8. The van der Waals surface area contributed by atoms with E-state index in [0.29, 0.717) is 25.2 Å². The van der Waals surface area contributed by atoms with Gasteiger partial charge in [-0.3, -0.25) is 0 Å². The fourth-order valence-corrected chi connectivity index (χ4v) is 4.56. The van der Waals surface area contributed by atoms with Crippen LogP contribution >= 0.6 is 12.4 Å². The molecule has 38 heavy (non-hydrogen) atoms. The van der Waals surface area contributed by atoms with E-state index in [1.165, 1.54) is 12.1 Å². The fourth-order valence-electron chi connectivity index (χ4n) is 4.56. The summed E-state index contributed by atoms with van der Waals surface area (Å²) < 4.78 is 14.3. The zero-order chi connectivity index (χ0) is 25.9. The molecule has 4 aromatic rings. The van der Waals surface area contributed by atoms with Gasteiger partial charge in [0.1, 0.15) is 11.5 Å².